The molecule has 0 saturated heterocycles. The molecule has 0 unspecified atom stereocenters. The summed E-state index contributed by atoms with van der Waals surface area (Å²) in [5.74, 6) is 0.492. The van der Waals surface area contributed by atoms with Crippen molar-refractivity contribution in [1.29, 1.82) is 0 Å². The van der Waals surface area contributed by atoms with E-state index < -0.39 is 0 Å². The van der Waals surface area contributed by atoms with Gasteiger partial charge < -0.3 is 5.11 Å². The Labute approximate surface area is 96.3 Å². The maximum Gasteiger partial charge on any atom is 0.197 e. The fourth-order valence-corrected chi connectivity index (χ4v) is 1.94. The van der Waals surface area contributed by atoms with Crippen LogP contribution in [0.5, 0.6) is 5.75 Å². The molecular weight excluding hydrogens is 256 g/mol. The monoisotopic (exact) mass is 266 g/mol. The first kappa shape index (κ1) is 10.4. The van der Waals surface area contributed by atoms with Gasteiger partial charge in [0.1, 0.15) is 11.3 Å². The normalized spacial score (nSPS) is 11.2. The van der Waals surface area contributed by atoms with Crippen molar-refractivity contribution in [2.75, 3.05) is 0 Å². The van der Waals surface area contributed by atoms with E-state index in [2.05, 4.69) is 39.7 Å². The molecule has 3 nitrogen and oxygen atoms in total. The lowest BCUT2D eigenvalue weighted by molar-refractivity contribution is 0.480. The average Bonchev–Trinajstić information content (AvgIpc) is 2.18. The Hall–Kier alpha value is -1.16. The number of phenolic OH excluding ortho intramolecular Hbond substituents is 1. The van der Waals surface area contributed by atoms with Gasteiger partial charge in [-0.05, 0) is 27.9 Å². The highest BCUT2D eigenvalue weighted by Crippen LogP contribution is 2.29. The second-order valence-corrected chi connectivity index (χ2v) is 4.42. The largest absolute Gasteiger partial charge is 0.506 e. The van der Waals surface area contributed by atoms with Crippen LogP contribution >= 0.6 is 15.9 Å². The summed E-state index contributed by atoms with van der Waals surface area (Å²) >= 11 is 3.25. The topological polar surface area (TPSA) is 46.0 Å². The Balaban J connectivity index is 2.86. The molecule has 1 aromatic heterocycles. The minimum atomic E-state index is 0.192. The molecule has 0 fully saturated rings. The van der Waals surface area contributed by atoms with E-state index in [1.54, 1.807) is 12.1 Å². The van der Waals surface area contributed by atoms with E-state index in [0.29, 0.717) is 16.2 Å². The van der Waals surface area contributed by atoms with Crippen molar-refractivity contribution in [3.8, 4) is 5.75 Å². The van der Waals surface area contributed by atoms with Gasteiger partial charge in [-0.2, -0.15) is 0 Å². The fourth-order valence-electron chi connectivity index (χ4n) is 1.57. The lowest BCUT2D eigenvalue weighted by Gasteiger charge is -2.09. The van der Waals surface area contributed by atoms with Crippen LogP contribution in [0.3, 0.4) is 0 Å². The van der Waals surface area contributed by atoms with Crippen LogP contribution in [0, 0.1) is 0 Å². The van der Waals surface area contributed by atoms with Crippen LogP contribution in [-0.4, -0.2) is 15.1 Å². The molecular formula is C11H11BrN2O. The van der Waals surface area contributed by atoms with E-state index >= 15 is 0 Å². The molecule has 0 radical (unpaired) electrons. The van der Waals surface area contributed by atoms with Crippen LogP contribution in [0.25, 0.3) is 10.9 Å². The number of aromatic nitrogens is 2. The quantitative estimate of drug-likeness (QED) is 0.807. The molecule has 0 spiro atoms. The molecule has 0 aliphatic rings. The smallest absolute Gasteiger partial charge is 0.197 e. The Morgan fingerprint density at radius 2 is 2.00 bits per heavy atom. The predicted octanol–water partition coefficient (Wildman–Crippen LogP) is 3.22. The summed E-state index contributed by atoms with van der Waals surface area (Å²) in [5.41, 5.74) is 1.55. The molecule has 1 heterocycles. The maximum absolute atomic E-state index is 9.69. The van der Waals surface area contributed by atoms with Gasteiger partial charge in [-0.15, -0.1) is 0 Å². The van der Waals surface area contributed by atoms with Gasteiger partial charge in [0, 0.05) is 5.39 Å². The van der Waals surface area contributed by atoms with Crippen molar-refractivity contribution < 1.29 is 5.11 Å². The van der Waals surface area contributed by atoms with Gasteiger partial charge in [0.05, 0.1) is 5.69 Å². The summed E-state index contributed by atoms with van der Waals surface area (Å²) in [5, 5.41) is 10.6. The molecule has 15 heavy (non-hydrogen) atoms. The van der Waals surface area contributed by atoms with Crippen LogP contribution in [0.15, 0.2) is 22.9 Å². The molecule has 0 atom stereocenters. The van der Waals surface area contributed by atoms with E-state index in [1.165, 1.54) is 0 Å². The number of hydrogen-bond acceptors (Lipinski definition) is 3. The second kappa shape index (κ2) is 3.77. The maximum atomic E-state index is 9.69. The van der Waals surface area contributed by atoms with Crippen LogP contribution < -0.4 is 0 Å². The van der Waals surface area contributed by atoms with Gasteiger partial charge in [0.15, 0.2) is 4.73 Å². The number of rotatable bonds is 1. The van der Waals surface area contributed by atoms with E-state index in [1.807, 2.05) is 6.07 Å². The number of para-hydroxylation sites is 1. The zero-order valence-corrected chi connectivity index (χ0v) is 10.1. The number of nitrogens with zero attached hydrogens (tertiary/aromatic N) is 2. The van der Waals surface area contributed by atoms with Crippen LogP contribution in [0.2, 0.25) is 0 Å². The molecule has 0 aliphatic carbocycles. The summed E-state index contributed by atoms with van der Waals surface area (Å²) in [6.45, 7) is 4.14. The molecule has 2 aromatic rings. The Kier molecular flexibility index (Phi) is 2.61. The van der Waals surface area contributed by atoms with Gasteiger partial charge in [-0.3, -0.25) is 0 Å². The van der Waals surface area contributed by atoms with Gasteiger partial charge >= 0.3 is 0 Å². The van der Waals surface area contributed by atoms with Crippen molar-refractivity contribution in [2.24, 2.45) is 0 Å². The molecule has 1 aromatic carbocycles. The first-order chi connectivity index (χ1) is 7.09. The number of fused-ring (bicyclic) bond motifs is 1. The zero-order chi connectivity index (χ0) is 11.0. The van der Waals surface area contributed by atoms with Crippen molar-refractivity contribution in [2.45, 2.75) is 19.8 Å². The van der Waals surface area contributed by atoms with Gasteiger partial charge in [-0.1, -0.05) is 26.0 Å². The van der Waals surface area contributed by atoms with Crippen LogP contribution in [-0.2, 0) is 0 Å². The van der Waals surface area contributed by atoms with E-state index in [4.69, 9.17) is 0 Å². The van der Waals surface area contributed by atoms with Gasteiger partial charge in [0.2, 0.25) is 0 Å². The number of hydrogen-bond donors (Lipinski definition) is 1. The van der Waals surface area contributed by atoms with E-state index in [0.717, 1.165) is 11.1 Å². The third kappa shape index (κ3) is 1.81. The third-order valence-electron chi connectivity index (χ3n) is 2.25. The fraction of sp³-hybridized carbons (Fsp3) is 0.273. The minimum Gasteiger partial charge on any atom is -0.506 e. The number of phenols is 1. The molecule has 2 rings (SSSR count). The number of aromatic hydroxyl groups is 1. The lowest BCUT2D eigenvalue weighted by atomic mass is 10.0. The molecule has 0 bridgehead atoms. The molecule has 4 heteroatoms. The second-order valence-electron chi connectivity index (χ2n) is 3.71. The third-order valence-corrected chi connectivity index (χ3v) is 2.61. The summed E-state index contributed by atoms with van der Waals surface area (Å²) in [4.78, 5) is 8.51. The van der Waals surface area contributed by atoms with Gasteiger partial charge in [0.25, 0.3) is 0 Å². The predicted molar refractivity (Wildman–Crippen MR) is 63.0 cm³/mol. The summed E-state index contributed by atoms with van der Waals surface area (Å²) in [6, 6.07) is 5.36. The lowest BCUT2D eigenvalue weighted by Crippen LogP contribution is -1.97. The highest BCUT2D eigenvalue weighted by atomic mass is 79.9. The molecule has 1 N–H and O–H groups in total. The Bertz CT molecular complexity index is 511. The van der Waals surface area contributed by atoms with Gasteiger partial charge in [-0.25, -0.2) is 9.97 Å². The standard InChI is InChI=1S/C11H11BrN2O/c1-6(2)9-7-4-3-5-8(15)10(7)14-11(12)13-9/h3-6,15H,1-2H3. The summed E-state index contributed by atoms with van der Waals surface area (Å²) in [7, 11) is 0. The van der Waals surface area contributed by atoms with Crippen molar-refractivity contribution in [3.63, 3.8) is 0 Å². The minimum absolute atomic E-state index is 0.192. The summed E-state index contributed by atoms with van der Waals surface area (Å²) in [6.07, 6.45) is 0. The molecule has 0 aliphatic heterocycles. The molecule has 0 amide bonds. The molecule has 0 saturated carbocycles. The Morgan fingerprint density at radius 1 is 1.27 bits per heavy atom. The first-order valence-electron chi connectivity index (χ1n) is 4.74. The van der Waals surface area contributed by atoms with Crippen molar-refractivity contribution >= 4 is 26.8 Å². The van der Waals surface area contributed by atoms with Crippen molar-refractivity contribution in [3.05, 3.63) is 28.6 Å². The van der Waals surface area contributed by atoms with E-state index in [-0.39, 0.29) is 5.75 Å². The van der Waals surface area contributed by atoms with Crippen LogP contribution in [0.4, 0.5) is 0 Å². The van der Waals surface area contributed by atoms with E-state index in [9.17, 15) is 5.11 Å². The highest BCUT2D eigenvalue weighted by molar-refractivity contribution is 9.10. The number of halogens is 1. The average molecular weight is 267 g/mol. The van der Waals surface area contributed by atoms with Crippen molar-refractivity contribution in [1.82, 2.24) is 9.97 Å². The SMILES string of the molecule is CC(C)c1nc(Br)nc2c(O)cccc12. The summed E-state index contributed by atoms with van der Waals surface area (Å²) < 4.78 is 0.514. The molecule has 78 valence electrons. The highest BCUT2D eigenvalue weighted by Gasteiger charge is 2.11. The number of benzene rings is 1. The first-order valence-corrected chi connectivity index (χ1v) is 5.54. The van der Waals surface area contributed by atoms with Crippen LogP contribution in [0.1, 0.15) is 25.5 Å². The Morgan fingerprint density at radius 3 is 2.67 bits per heavy atom. The zero-order valence-electron chi connectivity index (χ0n) is 8.53.